The van der Waals surface area contributed by atoms with Gasteiger partial charge in [-0.25, -0.2) is 4.98 Å². The Balaban J connectivity index is 1.78. The summed E-state index contributed by atoms with van der Waals surface area (Å²) >= 11 is 1.63. The highest BCUT2D eigenvalue weighted by Gasteiger charge is 2.10. The predicted molar refractivity (Wildman–Crippen MR) is 83.8 cm³/mol. The fourth-order valence-electron chi connectivity index (χ4n) is 1.81. The van der Waals surface area contributed by atoms with E-state index in [1.54, 1.807) is 11.3 Å². The molecule has 2 aromatic rings. The molecular formula is C15H21N3OS. The van der Waals surface area contributed by atoms with E-state index in [2.05, 4.69) is 36.4 Å². The minimum Gasteiger partial charge on any atom is -0.350 e. The van der Waals surface area contributed by atoms with Crippen LogP contribution in [0.1, 0.15) is 32.2 Å². The summed E-state index contributed by atoms with van der Waals surface area (Å²) in [7, 11) is 0. The van der Waals surface area contributed by atoms with E-state index in [4.69, 9.17) is 0 Å². The van der Waals surface area contributed by atoms with Crippen molar-refractivity contribution in [1.29, 1.82) is 0 Å². The van der Waals surface area contributed by atoms with E-state index in [0.29, 0.717) is 19.5 Å². The lowest BCUT2D eigenvalue weighted by Gasteiger charge is -2.20. The van der Waals surface area contributed by atoms with E-state index in [0.717, 1.165) is 15.2 Å². The number of hydrogen-bond acceptors (Lipinski definition) is 4. The molecule has 2 rings (SSSR count). The van der Waals surface area contributed by atoms with Crippen molar-refractivity contribution in [2.24, 2.45) is 0 Å². The largest absolute Gasteiger partial charge is 0.350 e. The van der Waals surface area contributed by atoms with Crippen molar-refractivity contribution in [3.63, 3.8) is 0 Å². The zero-order valence-electron chi connectivity index (χ0n) is 12.2. The molecule has 1 amide bonds. The van der Waals surface area contributed by atoms with Crippen LogP contribution in [0, 0.1) is 0 Å². The molecule has 1 heterocycles. The maximum absolute atomic E-state index is 11.7. The van der Waals surface area contributed by atoms with Gasteiger partial charge in [-0.2, -0.15) is 0 Å². The summed E-state index contributed by atoms with van der Waals surface area (Å²) in [5.74, 6) is 0.0565. The van der Waals surface area contributed by atoms with Crippen molar-refractivity contribution in [2.75, 3.05) is 6.54 Å². The van der Waals surface area contributed by atoms with Gasteiger partial charge in [0.2, 0.25) is 5.91 Å². The molecule has 0 saturated carbocycles. The van der Waals surface area contributed by atoms with Crippen LogP contribution in [0.25, 0.3) is 10.2 Å². The number of amides is 1. The lowest BCUT2D eigenvalue weighted by molar-refractivity contribution is -0.121. The Hall–Kier alpha value is -1.46. The maximum atomic E-state index is 11.7. The van der Waals surface area contributed by atoms with Gasteiger partial charge >= 0.3 is 0 Å². The molecule has 0 aliphatic heterocycles. The van der Waals surface area contributed by atoms with Crippen molar-refractivity contribution in [1.82, 2.24) is 15.6 Å². The van der Waals surface area contributed by atoms with E-state index in [1.807, 2.05) is 24.3 Å². The van der Waals surface area contributed by atoms with Crippen LogP contribution in [-0.2, 0) is 11.3 Å². The Morgan fingerprint density at radius 3 is 2.75 bits per heavy atom. The number of benzene rings is 1. The van der Waals surface area contributed by atoms with Crippen LogP contribution in [0.4, 0.5) is 0 Å². The number of rotatable bonds is 5. The normalized spacial score (nSPS) is 11.8. The second kappa shape index (κ2) is 6.33. The second-order valence-electron chi connectivity index (χ2n) is 5.78. The molecular weight excluding hydrogens is 270 g/mol. The second-order valence-corrected chi connectivity index (χ2v) is 6.89. The van der Waals surface area contributed by atoms with Crippen molar-refractivity contribution >= 4 is 27.5 Å². The molecule has 1 aromatic carbocycles. The molecule has 108 valence electrons. The smallest absolute Gasteiger partial charge is 0.221 e. The highest BCUT2D eigenvalue weighted by molar-refractivity contribution is 7.18. The molecule has 5 heteroatoms. The molecule has 20 heavy (non-hydrogen) atoms. The number of nitrogens with one attached hydrogen (secondary N) is 2. The van der Waals surface area contributed by atoms with Gasteiger partial charge in [0.05, 0.1) is 16.8 Å². The van der Waals surface area contributed by atoms with Crippen molar-refractivity contribution in [2.45, 2.75) is 39.3 Å². The standard InChI is InChI=1S/C15H21N3OS/c1-15(2,3)17-9-8-13(19)16-10-14-18-11-6-4-5-7-12(11)20-14/h4-7,17H,8-10H2,1-3H3,(H,16,19). The van der Waals surface area contributed by atoms with Crippen LogP contribution in [0.2, 0.25) is 0 Å². The summed E-state index contributed by atoms with van der Waals surface area (Å²) < 4.78 is 1.16. The molecule has 0 radical (unpaired) electrons. The monoisotopic (exact) mass is 291 g/mol. The first kappa shape index (κ1) is 14.9. The van der Waals surface area contributed by atoms with E-state index in [1.165, 1.54) is 0 Å². The average Bonchev–Trinajstić information content (AvgIpc) is 2.77. The zero-order valence-corrected chi connectivity index (χ0v) is 13.0. The van der Waals surface area contributed by atoms with Gasteiger partial charge in [-0.05, 0) is 32.9 Å². The van der Waals surface area contributed by atoms with Crippen LogP contribution in [0.5, 0.6) is 0 Å². The first-order chi connectivity index (χ1) is 9.44. The van der Waals surface area contributed by atoms with Crippen LogP contribution < -0.4 is 10.6 Å². The number of fused-ring (bicyclic) bond motifs is 1. The highest BCUT2D eigenvalue weighted by Crippen LogP contribution is 2.21. The fraction of sp³-hybridized carbons (Fsp3) is 0.467. The van der Waals surface area contributed by atoms with E-state index in [9.17, 15) is 4.79 Å². The van der Waals surface area contributed by atoms with Gasteiger partial charge < -0.3 is 10.6 Å². The molecule has 0 fully saturated rings. The van der Waals surface area contributed by atoms with Crippen LogP contribution in [0.15, 0.2) is 24.3 Å². The first-order valence-corrected chi connectivity index (χ1v) is 7.62. The van der Waals surface area contributed by atoms with Crippen molar-refractivity contribution in [3.8, 4) is 0 Å². The molecule has 1 aromatic heterocycles. The van der Waals surface area contributed by atoms with Gasteiger partial charge in [-0.15, -0.1) is 11.3 Å². The summed E-state index contributed by atoms with van der Waals surface area (Å²) in [6, 6.07) is 8.01. The molecule has 0 aliphatic rings. The van der Waals surface area contributed by atoms with Gasteiger partial charge in [0.15, 0.2) is 0 Å². The SMILES string of the molecule is CC(C)(C)NCCC(=O)NCc1nc2ccccc2s1. The molecule has 0 spiro atoms. The van der Waals surface area contributed by atoms with Gasteiger partial charge in [-0.3, -0.25) is 4.79 Å². The summed E-state index contributed by atoms with van der Waals surface area (Å²) in [6.45, 7) is 7.47. The van der Waals surface area contributed by atoms with Gasteiger partial charge in [0.25, 0.3) is 0 Å². The Morgan fingerprint density at radius 2 is 2.05 bits per heavy atom. The van der Waals surface area contributed by atoms with Crippen LogP contribution in [0.3, 0.4) is 0 Å². The number of para-hydroxylation sites is 1. The third-order valence-corrected chi connectivity index (χ3v) is 3.82. The van der Waals surface area contributed by atoms with Gasteiger partial charge in [0, 0.05) is 18.5 Å². The Kier molecular flexibility index (Phi) is 4.73. The molecule has 2 N–H and O–H groups in total. The molecule has 0 bridgehead atoms. The van der Waals surface area contributed by atoms with E-state index >= 15 is 0 Å². The minimum atomic E-state index is 0.0489. The summed E-state index contributed by atoms with van der Waals surface area (Å²) in [5.41, 5.74) is 1.05. The zero-order chi connectivity index (χ0) is 14.6. The summed E-state index contributed by atoms with van der Waals surface area (Å²) in [6.07, 6.45) is 0.488. The number of nitrogens with zero attached hydrogens (tertiary/aromatic N) is 1. The lowest BCUT2D eigenvalue weighted by atomic mass is 10.1. The summed E-state index contributed by atoms with van der Waals surface area (Å²) in [5, 5.41) is 7.16. The topological polar surface area (TPSA) is 54.0 Å². The molecule has 0 saturated heterocycles. The first-order valence-electron chi connectivity index (χ1n) is 6.80. The Morgan fingerprint density at radius 1 is 1.30 bits per heavy atom. The van der Waals surface area contributed by atoms with Crippen LogP contribution in [-0.4, -0.2) is 23.0 Å². The lowest BCUT2D eigenvalue weighted by Crippen LogP contribution is -2.38. The predicted octanol–water partition coefficient (Wildman–Crippen LogP) is 2.69. The molecule has 0 atom stereocenters. The Bertz CT molecular complexity index is 553. The quantitative estimate of drug-likeness (QED) is 0.890. The van der Waals surface area contributed by atoms with Gasteiger partial charge in [0.1, 0.15) is 5.01 Å². The van der Waals surface area contributed by atoms with Crippen molar-refractivity contribution in [3.05, 3.63) is 29.3 Å². The number of aromatic nitrogens is 1. The van der Waals surface area contributed by atoms with Crippen molar-refractivity contribution < 1.29 is 4.79 Å². The number of carbonyl (C=O) groups excluding carboxylic acids is 1. The number of hydrogen-bond donors (Lipinski definition) is 2. The minimum absolute atomic E-state index is 0.0489. The van der Waals surface area contributed by atoms with Gasteiger partial charge in [-0.1, -0.05) is 12.1 Å². The average molecular weight is 291 g/mol. The third-order valence-electron chi connectivity index (χ3n) is 2.78. The number of carbonyl (C=O) groups is 1. The molecule has 0 aliphatic carbocycles. The molecule has 0 unspecified atom stereocenters. The van der Waals surface area contributed by atoms with Crippen LogP contribution >= 0.6 is 11.3 Å². The summed E-state index contributed by atoms with van der Waals surface area (Å²) in [4.78, 5) is 16.2. The van der Waals surface area contributed by atoms with E-state index < -0.39 is 0 Å². The third kappa shape index (κ3) is 4.58. The Labute approximate surface area is 123 Å². The highest BCUT2D eigenvalue weighted by atomic mass is 32.1. The fourth-order valence-corrected chi connectivity index (χ4v) is 2.72. The number of thiazole rings is 1. The van der Waals surface area contributed by atoms with E-state index in [-0.39, 0.29) is 11.4 Å². The maximum Gasteiger partial charge on any atom is 0.221 e. The molecule has 4 nitrogen and oxygen atoms in total.